The molecule has 1 fully saturated rings. The van der Waals surface area contributed by atoms with Gasteiger partial charge in [-0.1, -0.05) is 29.8 Å². The summed E-state index contributed by atoms with van der Waals surface area (Å²) in [7, 11) is 0. The molecule has 0 N–H and O–H groups in total. The summed E-state index contributed by atoms with van der Waals surface area (Å²) in [6, 6.07) is 18.9. The Labute approximate surface area is 186 Å². The van der Waals surface area contributed by atoms with Gasteiger partial charge in [-0.2, -0.15) is 0 Å². The van der Waals surface area contributed by atoms with Crippen LogP contribution >= 0.6 is 39.3 Å². The van der Waals surface area contributed by atoms with E-state index in [1.54, 1.807) is 11.0 Å². The van der Waals surface area contributed by atoms with E-state index in [0.717, 1.165) is 15.7 Å². The van der Waals surface area contributed by atoms with Crippen LogP contribution in [0.4, 0.5) is 5.69 Å². The number of hydrogen-bond acceptors (Lipinski definition) is 4. The van der Waals surface area contributed by atoms with Crippen molar-refractivity contribution in [3.63, 3.8) is 0 Å². The Hall–Kier alpha value is -2.28. The van der Waals surface area contributed by atoms with Gasteiger partial charge in [0.2, 0.25) is 0 Å². The van der Waals surface area contributed by atoms with Gasteiger partial charge in [0, 0.05) is 22.7 Å². The third-order valence-electron chi connectivity index (χ3n) is 4.29. The van der Waals surface area contributed by atoms with E-state index in [1.165, 1.54) is 11.8 Å². The van der Waals surface area contributed by atoms with Gasteiger partial charge in [-0.15, -0.1) is 0 Å². The van der Waals surface area contributed by atoms with Crippen LogP contribution in [0, 0.1) is 0 Å². The molecule has 7 heteroatoms. The van der Waals surface area contributed by atoms with E-state index >= 15 is 0 Å². The Morgan fingerprint density at radius 2 is 1.97 bits per heavy atom. The number of hydrogen-bond donors (Lipinski definition) is 0. The highest BCUT2D eigenvalue weighted by atomic mass is 79.9. The summed E-state index contributed by atoms with van der Waals surface area (Å²) in [6.07, 6.45) is 1.76. The highest BCUT2D eigenvalue weighted by molar-refractivity contribution is 9.10. The molecule has 2 heterocycles. The molecule has 0 unspecified atom stereocenters. The monoisotopic (exact) mass is 486 g/mol. The molecule has 3 aromatic rings. The molecule has 1 amide bonds. The number of aliphatic imine (C=N–C) groups is 1. The SMILES string of the molecule is CCN1C(=O)C(=Cc2ccc(-c3ccc(Cl)c(Br)c3)o2)SC1=Nc1ccccc1. The summed E-state index contributed by atoms with van der Waals surface area (Å²) in [6.45, 7) is 2.49. The highest BCUT2D eigenvalue weighted by Crippen LogP contribution is 2.35. The molecule has 4 rings (SSSR count). The first-order valence-electron chi connectivity index (χ1n) is 8.95. The van der Waals surface area contributed by atoms with Crippen molar-refractivity contribution in [2.75, 3.05) is 6.54 Å². The van der Waals surface area contributed by atoms with Crippen molar-refractivity contribution in [2.45, 2.75) is 6.92 Å². The maximum atomic E-state index is 12.8. The van der Waals surface area contributed by atoms with Crippen LogP contribution in [0.5, 0.6) is 0 Å². The van der Waals surface area contributed by atoms with Crippen molar-refractivity contribution < 1.29 is 9.21 Å². The van der Waals surface area contributed by atoms with E-state index < -0.39 is 0 Å². The van der Waals surface area contributed by atoms with Crippen molar-refractivity contribution in [1.29, 1.82) is 0 Å². The third kappa shape index (κ3) is 4.34. The van der Waals surface area contributed by atoms with Crippen molar-refractivity contribution in [3.05, 3.63) is 80.8 Å². The number of likely N-dealkylation sites (N-methyl/N-ethyl adjacent to an activating group) is 1. The number of halogens is 2. The van der Waals surface area contributed by atoms with Crippen LogP contribution in [0.3, 0.4) is 0 Å². The minimum atomic E-state index is -0.0700. The fourth-order valence-corrected chi connectivity index (χ4v) is 4.39. The van der Waals surface area contributed by atoms with E-state index in [1.807, 2.05) is 67.6 Å². The summed E-state index contributed by atoms with van der Waals surface area (Å²) >= 11 is 10.8. The van der Waals surface area contributed by atoms with Gasteiger partial charge in [0.05, 0.1) is 15.6 Å². The molecule has 146 valence electrons. The van der Waals surface area contributed by atoms with Crippen LogP contribution in [0.15, 0.2) is 79.5 Å². The van der Waals surface area contributed by atoms with Crippen LogP contribution < -0.4 is 0 Å². The molecule has 1 saturated heterocycles. The first-order chi connectivity index (χ1) is 14.0. The molecule has 0 radical (unpaired) electrons. The topological polar surface area (TPSA) is 45.8 Å². The fourth-order valence-electron chi connectivity index (χ4n) is 2.85. The normalized spacial score (nSPS) is 16.9. The summed E-state index contributed by atoms with van der Waals surface area (Å²) in [4.78, 5) is 19.7. The van der Waals surface area contributed by atoms with Gasteiger partial charge in [-0.25, -0.2) is 4.99 Å². The van der Waals surface area contributed by atoms with Crippen LogP contribution in [-0.4, -0.2) is 22.5 Å². The first-order valence-corrected chi connectivity index (χ1v) is 10.9. The summed E-state index contributed by atoms with van der Waals surface area (Å²) in [5, 5.41) is 1.31. The molecular weight excluding hydrogens is 472 g/mol. The lowest BCUT2D eigenvalue weighted by Crippen LogP contribution is -2.28. The van der Waals surface area contributed by atoms with Crippen molar-refractivity contribution in [2.24, 2.45) is 4.99 Å². The number of para-hydroxylation sites is 1. The zero-order chi connectivity index (χ0) is 20.4. The lowest BCUT2D eigenvalue weighted by molar-refractivity contribution is -0.122. The van der Waals surface area contributed by atoms with Gasteiger partial charge >= 0.3 is 0 Å². The molecule has 1 aliphatic heterocycles. The van der Waals surface area contributed by atoms with Gasteiger partial charge < -0.3 is 4.42 Å². The van der Waals surface area contributed by atoms with Crippen LogP contribution in [0.25, 0.3) is 17.4 Å². The average molecular weight is 488 g/mol. The van der Waals surface area contributed by atoms with Gasteiger partial charge in [-0.3, -0.25) is 9.69 Å². The van der Waals surface area contributed by atoms with Crippen LogP contribution in [0.1, 0.15) is 12.7 Å². The zero-order valence-electron chi connectivity index (χ0n) is 15.4. The van der Waals surface area contributed by atoms with Gasteiger partial charge in [0.1, 0.15) is 11.5 Å². The summed E-state index contributed by atoms with van der Waals surface area (Å²) in [5.41, 5.74) is 1.72. The number of amides is 1. The minimum absolute atomic E-state index is 0.0700. The number of furan rings is 1. The number of carbonyl (C=O) groups is 1. The van der Waals surface area contributed by atoms with Crippen molar-refractivity contribution in [3.8, 4) is 11.3 Å². The van der Waals surface area contributed by atoms with Crippen LogP contribution in [-0.2, 0) is 4.79 Å². The van der Waals surface area contributed by atoms with Crippen molar-refractivity contribution >= 4 is 62.1 Å². The van der Waals surface area contributed by atoms with Crippen LogP contribution in [0.2, 0.25) is 5.02 Å². The van der Waals surface area contributed by atoms with Gasteiger partial charge in [-0.05, 0) is 77.1 Å². The minimum Gasteiger partial charge on any atom is -0.457 e. The Balaban J connectivity index is 1.61. The Bertz CT molecular complexity index is 1120. The molecule has 1 aromatic heterocycles. The lowest BCUT2D eigenvalue weighted by Gasteiger charge is -2.11. The number of amidine groups is 1. The van der Waals surface area contributed by atoms with E-state index in [9.17, 15) is 4.79 Å². The van der Waals surface area contributed by atoms with E-state index in [0.29, 0.717) is 33.2 Å². The summed E-state index contributed by atoms with van der Waals surface area (Å²) in [5.74, 6) is 1.24. The molecule has 1 aliphatic rings. The second-order valence-corrected chi connectivity index (χ2v) is 8.49. The fraction of sp³-hybridized carbons (Fsp3) is 0.0909. The average Bonchev–Trinajstić information content (AvgIpc) is 3.30. The van der Waals surface area contributed by atoms with Gasteiger partial charge in [0.15, 0.2) is 5.17 Å². The predicted octanol–water partition coefficient (Wildman–Crippen LogP) is 6.99. The number of thioether (sulfide) groups is 1. The molecule has 0 saturated carbocycles. The molecule has 4 nitrogen and oxygen atoms in total. The maximum absolute atomic E-state index is 12.8. The van der Waals surface area contributed by atoms with E-state index in [4.69, 9.17) is 16.0 Å². The smallest absolute Gasteiger partial charge is 0.266 e. The Kier molecular flexibility index (Phi) is 5.94. The largest absolute Gasteiger partial charge is 0.457 e. The maximum Gasteiger partial charge on any atom is 0.266 e. The lowest BCUT2D eigenvalue weighted by atomic mass is 10.2. The molecule has 0 aliphatic carbocycles. The number of carbonyl (C=O) groups excluding carboxylic acids is 1. The zero-order valence-corrected chi connectivity index (χ0v) is 18.6. The predicted molar refractivity (Wildman–Crippen MR) is 123 cm³/mol. The first kappa shape index (κ1) is 20.0. The van der Waals surface area contributed by atoms with Crippen molar-refractivity contribution in [1.82, 2.24) is 4.90 Å². The second-order valence-electron chi connectivity index (χ2n) is 6.22. The molecule has 29 heavy (non-hydrogen) atoms. The second kappa shape index (κ2) is 8.61. The van der Waals surface area contributed by atoms with E-state index in [2.05, 4.69) is 20.9 Å². The quantitative estimate of drug-likeness (QED) is 0.373. The third-order valence-corrected chi connectivity index (χ3v) is 6.51. The number of nitrogens with zero attached hydrogens (tertiary/aromatic N) is 2. The molecule has 2 aromatic carbocycles. The summed E-state index contributed by atoms with van der Waals surface area (Å²) < 4.78 is 6.73. The molecule has 0 spiro atoms. The number of benzene rings is 2. The molecule has 0 bridgehead atoms. The highest BCUT2D eigenvalue weighted by Gasteiger charge is 2.32. The number of rotatable bonds is 4. The Morgan fingerprint density at radius 3 is 2.69 bits per heavy atom. The van der Waals surface area contributed by atoms with E-state index in [-0.39, 0.29) is 5.91 Å². The van der Waals surface area contributed by atoms with Gasteiger partial charge in [0.25, 0.3) is 5.91 Å². The molecule has 0 atom stereocenters. The standard InChI is InChI=1S/C22H16BrClN2O2S/c1-2-26-21(27)20(29-22(26)25-15-6-4-3-5-7-15)13-16-9-11-19(28-16)14-8-10-18(24)17(23)12-14/h3-13H,2H2,1H3. The molecular formula is C22H16BrClN2O2S. The Morgan fingerprint density at radius 1 is 1.17 bits per heavy atom.